The van der Waals surface area contributed by atoms with Gasteiger partial charge in [0.1, 0.15) is 12.1 Å². The van der Waals surface area contributed by atoms with Crippen LogP contribution in [0.3, 0.4) is 0 Å². The molecule has 0 N–H and O–H groups in total. The molecule has 0 unspecified atom stereocenters. The topological polar surface area (TPSA) is 29.0 Å². The van der Waals surface area contributed by atoms with Gasteiger partial charge in [0, 0.05) is 13.1 Å². The molecule has 2 atom stereocenters. The SMILES string of the molecule is c1nc(N2CC[C@H]3CCCC[C@@H]3C2)c2sccc2n1. The number of fused-ring (bicyclic) bond motifs is 2. The van der Waals surface area contributed by atoms with E-state index in [4.69, 9.17) is 0 Å². The number of anilines is 1. The molecule has 0 radical (unpaired) electrons. The van der Waals surface area contributed by atoms with Gasteiger partial charge in [-0.05, 0) is 36.1 Å². The van der Waals surface area contributed by atoms with E-state index in [0.717, 1.165) is 17.4 Å². The molecule has 4 heteroatoms. The molecule has 2 aromatic rings. The van der Waals surface area contributed by atoms with Crippen LogP contribution < -0.4 is 4.90 Å². The van der Waals surface area contributed by atoms with Gasteiger partial charge in [-0.1, -0.05) is 19.3 Å². The molecule has 1 saturated carbocycles. The van der Waals surface area contributed by atoms with Crippen molar-refractivity contribution >= 4 is 27.4 Å². The largest absolute Gasteiger partial charge is 0.355 e. The zero-order valence-corrected chi connectivity index (χ0v) is 11.9. The third-order valence-corrected chi connectivity index (χ3v) is 5.71. The minimum atomic E-state index is 0.896. The standard InChI is InChI=1S/C15H19N3S/c1-2-4-12-9-18(7-5-11(12)3-1)15-14-13(6-8-19-14)16-10-17-15/h6,8,10-12H,1-5,7,9H2/t11-,12-/m1/s1. The highest BCUT2D eigenvalue weighted by Gasteiger charge is 2.32. The predicted octanol–water partition coefficient (Wildman–Crippen LogP) is 3.71. The number of hydrogen-bond acceptors (Lipinski definition) is 4. The first kappa shape index (κ1) is 11.6. The van der Waals surface area contributed by atoms with E-state index in [1.54, 1.807) is 17.7 Å². The molecule has 0 spiro atoms. The van der Waals surface area contributed by atoms with Gasteiger partial charge in [0.2, 0.25) is 0 Å². The van der Waals surface area contributed by atoms with E-state index in [-0.39, 0.29) is 0 Å². The fraction of sp³-hybridized carbons (Fsp3) is 0.600. The summed E-state index contributed by atoms with van der Waals surface area (Å²) in [4.78, 5) is 11.4. The summed E-state index contributed by atoms with van der Waals surface area (Å²) in [5, 5.41) is 2.12. The molecule has 1 aliphatic heterocycles. The van der Waals surface area contributed by atoms with Gasteiger partial charge in [-0.25, -0.2) is 9.97 Å². The van der Waals surface area contributed by atoms with Crippen LogP contribution in [0.15, 0.2) is 17.8 Å². The zero-order chi connectivity index (χ0) is 12.7. The maximum Gasteiger partial charge on any atom is 0.150 e. The highest BCUT2D eigenvalue weighted by atomic mass is 32.1. The molecular formula is C15H19N3S. The second kappa shape index (κ2) is 4.75. The van der Waals surface area contributed by atoms with Crippen LogP contribution >= 0.6 is 11.3 Å². The van der Waals surface area contributed by atoms with E-state index >= 15 is 0 Å². The molecule has 4 rings (SSSR count). The molecule has 0 amide bonds. The van der Waals surface area contributed by atoms with Crippen molar-refractivity contribution in [3.63, 3.8) is 0 Å². The Morgan fingerprint density at radius 2 is 2.00 bits per heavy atom. The summed E-state index contributed by atoms with van der Waals surface area (Å²) in [6, 6.07) is 2.10. The molecule has 0 bridgehead atoms. The maximum absolute atomic E-state index is 4.57. The molecule has 3 heterocycles. The van der Waals surface area contributed by atoms with Gasteiger partial charge >= 0.3 is 0 Å². The monoisotopic (exact) mass is 273 g/mol. The maximum atomic E-state index is 4.57. The summed E-state index contributed by atoms with van der Waals surface area (Å²) >= 11 is 1.77. The van der Waals surface area contributed by atoms with Crippen LogP contribution in [-0.4, -0.2) is 23.1 Å². The third-order valence-electron chi connectivity index (χ3n) is 4.82. The van der Waals surface area contributed by atoms with Gasteiger partial charge < -0.3 is 4.90 Å². The van der Waals surface area contributed by atoms with Gasteiger partial charge in [0.15, 0.2) is 0 Å². The Morgan fingerprint density at radius 1 is 1.11 bits per heavy atom. The lowest BCUT2D eigenvalue weighted by Gasteiger charge is -2.41. The number of hydrogen-bond donors (Lipinski definition) is 0. The second-order valence-electron chi connectivity index (χ2n) is 5.87. The molecule has 100 valence electrons. The van der Waals surface area contributed by atoms with Crippen LogP contribution in [0.5, 0.6) is 0 Å². The third kappa shape index (κ3) is 2.02. The fourth-order valence-electron chi connectivity index (χ4n) is 3.79. The Kier molecular flexibility index (Phi) is 2.91. The van der Waals surface area contributed by atoms with Gasteiger partial charge in [-0.15, -0.1) is 11.3 Å². The summed E-state index contributed by atoms with van der Waals surface area (Å²) in [7, 11) is 0. The Labute approximate surface area is 117 Å². The van der Waals surface area contributed by atoms with Crippen molar-refractivity contribution in [1.82, 2.24) is 9.97 Å². The van der Waals surface area contributed by atoms with Gasteiger partial charge in [0.05, 0.1) is 10.2 Å². The average Bonchev–Trinajstić information content (AvgIpc) is 2.95. The van der Waals surface area contributed by atoms with E-state index in [1.165, 1.54) is 55.7 Å². The number of piperidine rings is 1. The first-order valence-corrected chi connectivity index (χ1v) is 8.23. The van der Waals surface area contributed by atoms with E-state index in [1.807, 2.05) is 0 Å². The highest BCUT2D eigenvalue weighted by molar-refractivity contribution is 7.17. The first-order valence-electron chi connectivity index (χ1n) is 7.35. The van der Waals surface area contributed by atoms with Crippen LogP contribution in [0, 0.1) is 11.8 Å². The van der Waals surface area contributed by atoms with Crippen molar-refractivity contribution in [2.75, 3.05) is 18.0 Å². The lowest BCUT2D eigenvalue weighted by Crippen LogP contribution is -2.42. The number of thiophene rings is 1. The molecule has 19 heavy (non-hydrogen) atoms. The summed E-state index contributed by atoms with van der Waals surface area (Å²) in [5.74, 6) is 3.04. The normalized spacial score (nSPS) is 27.5. The molecule has 0 aromatic carbocycles. The molecule has 2 aromatic heterocycles. The summed E-state index contributed by atoms with van der Waals surface area (Å²) in [6.45, 7) is 2.37. The number of aromatic nitrogens is 2. The van der Waals surface area contributed by atoms with Crippen molar-refractivity contribution < 1.29 is 0 Å². The van der Waals surface area contributed by atoms with E-state index in [9.17, 15) is 0 Å². The van der Waals surface area contributed by atoms with E-state index < -0.39 is 0 Å². The molecule has 1 aliphatic carbocycles. The first-order chi connectivity index (χ1) is 9.42. The van der Waals surface area contributed by atoms with Gasteiger partial charge in [0.25, 0.3) is 0 Å². The van der Waals surface area contributed by atoms with Gasteiger partial charge in [-0.2, -0.15) is 0 Å². The lowest BCUT2D eigenvalue weighted by molar-refractivity contribution is 0.202. The number of nitrogens with zero attached hydrogens (tertiary/aromatic N) is 3. The van der Waals surface area contributed by atoms with Crippen LogP contribution in [0.4, 0.5) is 5.82 Å². The van der Waals surface area contributed by atoms with Crippen LogP contribution in [0.1, 0.15) is 32.1 Å². The Morgan fingerprint density at radius 3 is 2.95 bits per heavy atom. The predicted molar refractivity (Wildman–Crippen MR) is 79.7 cm³/mol. The lowest BCUT2D eigenvalue weighted by atomic mass is 9.75. The van der Waals surface area contributed by atoms with Crippen LogP contribution in [0.25, 0.3) is 10.2 Å². The smallest absolute Gasteiger partial charge is 0.150 e. The zero-order valence-electron chi connectivity index (χ0n) is 11.1. The average molecular weight is 273 g/mol. The van der Waals surface area contributed by atoms with Crippen LogP contribution in [-0.2, 0) is 0 Å². The van der Waals surface area contributed by atoms with Crippen molar-refractivity contribution in [1.29, 1.82) is 0 Å². The summed E-state index contributed by atoms with van der Waals surface area (Å²) in [6.07, 6.45) is 8.81. The summed E-state index contributed by atoms with van der Waals surface area (Å²) in [5.41, 5.74) is 1.10. The fourth-order valence-corrected chi connectivity index (χ4v) is 4.66. The van der Waals surface area contributed by atoms with Crippen molar-refractivity contribution in [3.8, 4) is 0 Å². The second-order valence-corrected chi connectivity index (χ2v) is 6.79. The quantitative estimate of drug-likeness (QED) is 0.793. The van der Waals surface area contributed by atoms with Crippen LogP contribution in [0.2, 0.25) is 0 Å². The molecular weight excluding hydrogens is 254 g/mol. The molecule has 2 fully saturated rings. The Hall–Kier alpha value is -1.16. The van der Waals surface area contributed by atoms with E-state index in [0.29, 0.717) is 0 Å². The highest BCUT2D eigenvalue weighted by Crippen LogP contribution is 2.38. The van der Waals surface area contributed by atoms with Crippen molar-refractivity contribution in [2.24, 2.45) is 11.8 Å². The molecule has 1 saturated heterocycles. The molecule has 3 nitrogen and oxygen atoms in total. The Bertz CT molecular complexity index is 580. The molecule has 2 aliphatic rings. The summed E-state index contributed by atoms with van der Waals surface area (Å²) < 4.78 is 1.26. The minimum absolute atomic E-state index is 0.896. The Balaban J connectivity index is 1.64. The number of rotatable bonds is 1. The van der Waals surface area contributed by atoms with Crippen molar-refractivity contribution in [2.45, 2.75) is 32.1 Å². The van der Waals surface area contributed by atoms with E-state index in [2.05, 4.69) is 26.3 Å². The van der Waals surface area contributed by atoms with Crippen molar-refractivity contribution in [3.05, 3.63) is 17.8 Å². The minimum Gasteiger partial charge on any atom is -0.355 e. The van der Waals surface area contributed by atoms with Gasteiger partial charge in [-0.3, -0.25) is 0 Å².